The third kappa shape index (κ3) is 4.37. The fourth-order valence-corrected chi connectivity index (χ4v) is 6.36. The van der Waals surface area contributed by atoms with Gasteiger partial charge in [0.05, 0.1) is 35.7 Å². The van der Waals surface area contributed by atoms with Gasteiger partial charge in [-0.15, -0.1) is 11.3 Å². The van der Waals surface area contributed by atoms with E-state index in [0.29, 0.717) is 28.6 Å². The molecule has 3 aromatic heterocycles. The number of rotatable bonds is 8. The van der Waals surface area contributed by atoms with Crippen molar-refractivity contribution in [3.63, 3.8) is 0 Å². The van der Waals surface area contributed by atoms with Crippen LogP contribution in [0.4, 0.5) is 0 Å². The molecule has 1 aliphatic carbocycles. The highest BCUT2D eigenvalue weighted by Crippen LogP contribution is 2.36. The minimum atomic E-state index is -0.243. The number of ether oxygens (including phenoxy) is 1. The normalized spacial score (nSPS) is 13.7. The largest absolute Gasteiger partial charge is 0.494 e. The van der Waals surface area contributed by atoms with Crippen molar-refractivity contribution in [3.05, 3.63) is 69.2 Å². The van der Waals surface area contributed by atoms with Gasteiger partial charge in [-0.05, 0) is 75.1 Å². The molecular weight excluding hydrogens is 470 g/mol. The summed E-state index contributed by atoms with van der Waals surface area (Å²) >= 11 is 2.86. The SMILES string of the molecule is CCOc1ccc(-n2c(SCC(=O)NC(C)c3ccco3)nc3sc4c(c3c2=O)CCC4)cc1. The van der Waals surface area contributed by atoms with Crippen molar-refractivity contribution in [1.29, 1.82) is 0 Å². The molecule has 176 valence electrons. The molecule has 0 radical (unpaired) electrons. The monoisotopic (exact) mass is 495 g/mol. The van der Waals surface area contributed by atoms with Crippen LogP contribution in [0.25, 0.3) is 15.9 Å². The van der Waals surface area contributed by atoms with Gasteiger partial charge in [0.1, 0.15) is 16.3 Å². The lowest BCUT2D eigenvalue weighted by Gasteiger charge is -2.14. The van der Waals surface area contributed by atoms with E-state index in [1.54, 1.807) is 28.2 Å². The van der Waals surface area contributed by atoms with Crippen LogP contribution in [-0.2, 0) is 17.6 Å². The number of hydrogen-bond donors (Lipinski definition) is 1. The number of aromatic nitrogens is 2. The predicted octanol–water partition coefficient (Wildman–Crippen LogP) is 4.90. The molecule has 0 saturated heterocycles. The summed E-state index contributed by atoms with van der Waals surface area (Å²) in [7, 11) is 0. The summed E-state index contributed by atoms with van der Waals surface area (Å²) < 4.78 is 12.5. The lowest BCUT2D eigenvalue weighted by atomic mass is 10.2. The van der Waals surface area contributed by atoms with Crippen molar-refractivity contribution < 1.29 is 13.9 Å². The second kappa shape index (κ2) is 9.68. The molecule has 3 heterocycles. The Morgan fingerprint density at radius 2 is 2.12 bits per heavy atom. The quantitative estimate of drug-likeness (QED) is 0.276. The molecule has 7 nitrogen and oxygen atoms in total. The number of benzene rings is 1. The van der Waals surface area contributed by atoms with Crippen molar-refractivity contribution in [3.8, 4) is 11.4 Å². The number of hydrogen-bond acceptors (Lipinski definition) is 7. The van der Waals surface area contributed by atoms with Crippen molar-refractivity contribution in [2.45, 2.75) is 44.3 Å². The Bertz CT molecular complexity index is 1370. The molecule has 0 saturated carbocycles. The van der Waals surface area contributed by atoms with E-state index in [1.807, 2.05) is 44.2 Å². The zero-order valence-corrected chi connectivity index (χ0v) is 20.6. The second-order valence-corrected chi connectivity index (χ2v) is 10.1. The maximum Gasteiger partial charge on any atom is 0.267 e. The van der Waals surface area contributed by atoms with Crippen LogP contribution in [0.5, 0.6) is 5.75 Å². The van der Waals surface area contributed by atoms with Crippen LogP contribution >= 0.6 is 23.1 Å². The first-order valence-corrected chi connectivity index (χ1v) is 13.1. The summed E-state index contributed by atoms with van der Waals surface area (Å²) in [6.45, 7) is 4.37. The maximum atomic E-state index is 13.7. The molecule has 4 aromatic rings. The van der Waals surface area contributed by atoms with E-state index in [9.17, 15) is 9.59 Å². The minimum absolute atomic E-state index is 0.0829. The summed E-state index contributed by atoms with van der Waals surface area (Å²) in [5.74, 6) is 1.41. The first-order chi connectivity index (χ1) is 16.5. The van der Waals surface area contributed by atoms with E-state index in [0.717, 1.165) is 35.4 Å². The summed E-state index contributed by atoms with van der Waals surface area (Å²) in [5, 5.41) is 4.15. The first-order valence-electron chi connectivity index (χ1n) is 11.3. The van der Waals surface area contributed by atoms with Crippen LogP contribution in [0.2, 0.25) is 0 Å². The van der Waals surface area contributed by atoms with Crippen LogP contribution in [-0.4, -0.2) is 27.8 Å². The lowest BCUT2D eigenvalue weighted by molar-refractivity contribution is -0.119. The molecule has 1 atom stereocenters. The summed E-state index contributed by atoms with van der Waals surface area (Å²) in [6.07, 6.45) is 4.56. The third-order valence-electron chi connectivity index (χ3n) is 5.79. The van der Waals surface area contributed by atoms with Crippen molar-refractivity contribution in [2.75, 3.05) is 12.4 Å². The van der Waals surface area contributed by atoms with Crippen molar-refractivity contribution in [2.24, 2.45) is 0 Å². The number of nitrogens with zero attached hydrogens (tertiary/aromatic N) is 2. The zero-order chi connectivity index (χ0) is 23.7. The fraction of sp³-hybridized carbons (Fsp3) is 0.320. The van der Waals surface area contributed by atoms with Gasteiger partial charge < -0.3 is 14.5 Å². The third-order valence-corrected chi connectivity index (χ3v) is 7.92. The molecule has 1 unspecified atom stereocenters. The maximum absolute atomic E-state index is 13.7. The highest BCUT2D eigenvalue weighted by atomic mass is 32.2. The van der Waals surface area contributed by atoms with Gasteiger partial charge in [0, 0.05) is 4.88 Å². The van der Waals surface area contributed by atoms with E-state index in [4.69, 9.17) is 14.1 Å². The van der Waals surface area contributed by atoms with Gasteiger partial charge in [-0.25, -0.2) is 4.98 Å². The van der Waals surface area contributed by atoms with Gasteiger partial charge in [-0.2, -0.15) is 0 Å². The van der Waals surface area contributed by atoms with Gasteiger partial charge in [0.15, 0.2) is 5.16 Å². The van der Waals surface area contributed by atoms with Crippen LogP contribution in [0.15, 0.2) is 57.0 Å². The molecule has 5 rings (SSSR count). The van der Waals surface area contributed by atoms with E-state index in [1.165, 1.54) is 16.6 Å². The molecular formula is C25H25N3O4S2. The lowest BCUT2D eigenvalue weighted by Crippen LogP contribution is -2.28. The molecule has 1 aliphatic rings. The van der Waals surface area contributed by atoms with Crippen molar-refractivity contribution >= 4 is 39.2 Å². The summed E-state index contributed by atoms with van der Waals surface area (Å²) in [5.41, 5.74) is 1.76. The Morgan fingerprint density at radius 3 is 2.85 bits per heavy atom. The number of thiophene rings is 1. The van der Waals surface area contributed by atoms with Crippen LogP contribution in [0.1, 0.15) is 42.5 Å². The molecule has 0 spiro atoms. The smallest absolute Gasteiger partial charge is 0.267 e. The Labute approximate surface area is 205 Å². The number of furan rings is 1. The average molecular weight is 496 g/mol. The number of fused-ring (bicyclic) bond motifs is 3. The standard InChI is InChI=1S/C25H25N3O4S2/c1-3-31-17-11-9-16(10-12-17)28-24(30)22-18-6-4-8-20(18)34-23(22)27-25(28)33-14-21(29)26-15(2)19-7-5-13-32-19/h5,7,9-13,15H,3-4,6,8,14H2,1-2H3,(H,26,29). The topological polar surface area (TPSA) is 86.4 Å². The zero-order valence-electron chi connectivity index (χ0n) is 19.0. The number of aryl methyl sites for hydroxylation is 2. The average Bonchev–Trinajstić information content (AvgIpc) is 3.56. The number of thioether (sulfide) groups is 1. The Morgan fingerprint density at radius 1 is 1.29 bits per heavy atom. The Hall–Kier alpha value is -3.04. The Kier molecular flexibility index (Phi) is 6.47. The number of nitrogens with one attached hydrogen (secondary N) is 1. The van der Waals surface area contributed by atoms with Crippen LogP contribution in [0, 0.1) is 0 Å². The first kappa shape index (κ1) is 22.7. The second-order valence-electron chi connectivity index (χ2n) is 8.09. The van der Waals surface area contributed by atoms with Gasteiger partial charge in [0.2, 0.25) is 5.91 Å². The van der Waals surface area contributed by atoms with Gasteiger partial charge in [0.25, 0.3) is 5.56 Å². The minimum Gasteiger partial charge on any atom is -0.494 e. The molecule has 34 heavy (non-hydrogen) atoms. The molecule has 1 amide bonds. The number of carbonyl (C=O) groups is 1. The van der Waals surface area contributed by atoms with E-state index >= 15 is 0 Å². The summed E-state index contributed by atoms with van der Waals surface area (Å²) in [6, 6.07) is 10.8. The van der Waals surface area contributed by atoms with Gasteiger partial charge in [-0.1, -0.05) is 11.8 Å². The predicted molar refractivity (Wildman–Crippen MR) is 134 cm³/mol. The molecule has 0 aliphatic heterocycles. The van der Waals surface area contributed by atoms with E-state index in [2.05, 4.69) is 5.32 Å². The van der Waals surface area contributed by atoms with E-state index in [-0.39, 0.29) is 23.3 Å². The number of amides is 1. The highest BCUT2D eigenvalue weighted by molar-refractivity contribution is 7.99. The van der Waals surface area contributed by atoms with Gasteiger partial charge >= 0.3 is 0 Å². The number of carbonyl (C=O) groups excluding carboxylic acids is 1. The fourth-order valence-electron chi connectivity index (χ4n) is 4.23. The molecule has 1 N–H and O–H groups in total. The molecule has 0 bridgehead atoms. The molecule has 9 heteroatoms. The van der Waals surface area contributed by atoms with Crippen LogP contribution < -0.4 is 15.6 Å². The Balaban J connectivity index is 1.48. The summed E-state index contributed by atoms with van der Waals surface area (Å²) in [4.78, 5) is 33.2. The van der Waals surface area contributed by atoms with Crippen LogP contribution in [0.3, 0.4) is 0 Å². The molecule has 1 aromatic carbocycles. The van der Waals surface area contributed by atoms with Gasteiger partial charge in [-0.3, -0.25) is 14.2 Å². The molecule has 0 fully saturated rings. The highest BCUT2D eigenvalue weighted by Gasteiger charge is 2.24. The van der Waals surface area contributed by atoms with Crippen molar-refractivity contribution in [1.82, 2.24) is 14.9 Å². The van der Waals surface area contributed by atoms with E-state index < -0.39 is 0 Å².